The molecule has 0 spiro atoms. The van der Waals surface area contributed by atoms with Crippen molar-refractivity contribution in [2.24, 2.45) is 0 Å². The molecular formula is C9H10F2O. The largest absolute Gasteiger partial charge is 0.389 e. The van der Waals surface area contributed by atoms with Gasteiger partial charge >= 0.3 is 0 Å². The molecule has 0 amide bonds. The van der Waals surface area contributed by atoms with Gasteiger partial charge in [-0.05, 0) is 25.5 Å². The minimum Gasteiger partial charge on any atom is -0.389 e. The lowest BCUT2D eigenvalue weighted by atomic mass is 10.1. The van der Waals surface area contributed by atoms with E-state index in [-0.39, 0.29) is 5.56 Å². The topological polar surface area (TPSA) is 20.2 Å². The molecule has 0 heterocycles. The van der Waals surface area contributed by atoms with Gasteiger partial charge in [-0.2, -0.15) is 0 Å². The molecule has 1 nitrogen and oxygen atoms in total. The molecule has 0 radical (unpaired) electrons. The van der Waals surface area contributed by atoms with Gasteiger partial charge in [0.25, 0.3) is 0 Å². The zero-order valence-corrected chi connectivity index (χ0v) is 6.94. The van der Waals surface area contributed by atoms with Crippen molar-refractivity contribution in [3.05, 3.63) is 34.9 Å². The van der Waals surface area contributed by atoms with Gasteiger partial charge in [0, 0.05) is 11.6 Å². The monoisotopic (exact) mass is 172 g/mol. The van der Waals surface area contributed by atoms with E-state index in [1.165, 1.54) is 19.9 Å². The van der Waals surface area contributed by atoms with Crippen LogP contribution in [0, 0.1) is 18.6 Å². The zero-order valence-electron chi connectivity index (χ0n) is 6.94. The van der Waals surface area contributed by atoms with Gasteiger partial charge in [0.1, 0.15) is 11.6 Å². The predicted octanol–water partition coefficient (Wildman–Crippen LogP) is 2.33. The Kier molecular flexibility index (Phi) is 2.43. The second-order valence-corrected chi connectivity index (χ2v) is 2.80. The van der Waals surface area contributed by atoms with Gasteiger partial charge in [-0.1, -0.05) is 0 Å². The molecular weight excluding hydrogens is 162 g/mol. The van der Waals surface area contributed by atoms with Crippen LogP contribution in [0.2, 0.25) is 0 Å². The molecule has 0 fully saturated rings. The Morgan fingerprint density at radius 2 is 1.83 bits per heavy atom. The number of aliphatic hydroxyl groups is 1. The van der Waals surface area contributed by atoms with Gasteiger partial charge in [0.05, 0.1) is 6.10 Å². The van der Waals surface area contributed by atoms with Crippen LogP contribution in [0.25, 0.3) is 0 Å². The normalized spacial score (nSPS) is 13.1. The number of aryl methyl sites for hydroxylation is 1. The summed E-state index contributed by atoms with van der Waals surface area (Å²) >= 11 is 0. The van der Waals surface area contributed by atoms with E-state index >= 15 is 0 Å². The van der Waals surface area contributed by atoms with E-state index in [4.69, 9.17) is 5.11 Å². The molecule has 1 aromatic carbocycles. The maximum atomic E-state index is 12.9. The van der Waals surface area contributed by atoms with Crippen molar-refractivity contribution < 1.29 is 13.9 Å². The molecule has 0 aliphatic heterocycles. The van der Waals surface area contributed by atoms with E-state index < -0.39 is 17.7 Å². The molecule has 3 heteroatoms. The molecule has 1 rings (SSSR count). The van der Waals surface area contributed by atoms with E-state index in [9.17, 15) is 8.78 Å². The lowest BCUT2D eigenvalue weighted by Gasteiger charge is -2.07. The van der Waals surface area contributed by atoms with Gasteiger partial charge < -0.3 is 5.11 Å². The summed E-state index contributed by atoms with van der Waals surface area (Å²) in [4.78, 5) is 0. The third kappa shape index (κ3) is 1.61. The minimum absolute atomic E-state index is 0.133. The lowest BCUT2D eigenvalue weighted by Crippen LogP contribution is -1.98. The highest BCUT2D eigenvalue weighted by atomic mass is 19.1. The Labute approximate surface area is 69.7 Å². The van der Waals surface area contributed by atoms with Gasteiger partial charge in [0.2, 0.25) is 0 Å². The maximum Gasteiger partial charge on any atom is 0.131 e. The molecule has 0 aliphatic carbocycles. The van der Waals surface area contributed by atoms with Crippen molar-refractivity contribution in [1.82, 2.24) is 0 Å². The highest BCUT2D eigenvalue weighted by molar-refractivity contribution is 5.26. The lowest BCUT2D eigenvalue weighted by molar-refractivity contribution is 0.194. The second-order valence-electron chi connectivity index (χ2n) is 2.80. The van der Waals surface area contributed by atoms with E-state index in [0.29, 0.717) is 5.56 Å². The number of hydrogen-bond donors (Lipinski definition) is 1. The predicted molar refractivity (Wildman–Crippen MR) is 41.7 cm³/mol. The van der Waals surface area contributed by atoms with Crippen LogP contribution in [0.5, 0.6) is 0 Å². The van der Waals surface area contributed by atoms with Gasteiger partial charge in [-0.15, -0.1) is 0 Å². The molecule has 0 aliphatic rings. The molecule has 66 valence electrons. The fourth-order valence-electron chi connectivity index (χ4n) is 1.000. The van der Waals surface area contributed by atoms with Crippen LogP contribution < -0.4 is 0 Å². The standard InChI is InChI=1S/C9H10F2O/c1-5-3-7(6(2)12)9(11)4-8(5)10/h3-4,6,12H,1-2H3/t6-/m1/s1. The Morgan fingerprint density at radius 1 is 1.25 bits per heavy atom. The van der Waals surface area contributed by atoms with Crippen molar-refractivity contribution in [2.75, 3.05) is 0 Å². The summed E-state index contributed by atoms with van der Waals surface area (Å²) in [7, 11) is 0. The van der Waals surface area contributed by atoms with Crippen LogP contribution in [-0.2, 0) is 0 Å². The van der Waals surface area contributed by atoms with Crippen molar-refractivity contribution in [2.45, 2.75) is 20.0 Å². The molecule has 0 bridgehead atoms. The summed E-state index contributed by atoms with van der Waals surface area (Å²) in [5.41, 5.74) is 0.473. The average Bonchev–Trinajstić information content (AvgIpc) is 1.96. The van der Waals surface area contributed by atoms with Crippen LogP contribution >= 0.6 is 0 Å². The average molecular weight is 172 g/mol. The van der Waals surface area contributed by atoms with Crippen LogP contribution in [0.3, 0.4) is 0 Å². The highest BCUT2D eigenvalue weighted by Crippen LogP contribution is 2.19. The first-order valence-electron chi connectivity index (χ1n) is 3.66. The third-order valence-corrected chi connectivity index (χ3v) is 1.73. The van der Waals surface area contributed by atoms with Crippen molar-refractivity contribution in [3.8, 4) is 0 Å². The first kappa shape index (κ1) is 9.13. The molecule has 0 saturated carbocycles. The summed E-state index contributed by atoms with van der Waals surface area (Å²) in [6.45, 7) is 2.97. The number of hydrogen-bond acceptors (Lipinski definition) is 1. The summed E-state index contributed by atoms with van der Waals surface area (Å²) in [5.74, 6) is -1.29. The Hall–Kier alpha value is -0.960. The summed E-state index contributed by atoms with van der Waals surface area (Å²) in [6.07, 6.45) is -0.899. The molecule has 1 N–H and O–H groups in total. The first-order valence-corrected chi connectivity index (χ1v) is 3.66. The molecule has 1 aromatic rings. The number of benzene rings is 1. The van der Waals surface area contributed by atoms with Crippen molar-refractivity contribution in [1.29, 1.82) is 0 Å². The Morgan fingerprint density at radius 3 is 2.33 bits per heavy atom. The van der Waals surface area contributed by atoms with Crippen molar-refractivity contribution in [3.63, 3.8) is 0 Å². The third-order valence-electron chi connectivity index (χ3n) is 1.73. The number of rotatable bonds is 1. The van der Waals surface area contributed by atoms with Crippen molar-refractivity contribution >= 4 is 0 Å². The van der Waals surface area contributed by atoms with E-state index in [1.807, 2.05) is 0 Å². The number of aliphatic hydroxyl groups excluding tert-OH is 1. The molecule has 0 saturated heterocycles. The van der Waals surface area contributed by atoms with Gasteiger partial charge in [0.15, 0.2) is 0 Å². The quantitative estimate of drug-likeness (QED) is 0.689. The molecule has 1 atom stereocenters. The SMILES string of the molecule is Cc1cc([C@@H](C)O)c(F)cc1F. The fraction of sp³-hybridized carbons (Fsp3) is 0.333. The smallest absolute Gasteiger partial charge is 0.131 e. The molecule has 0 unspecified atom stereocenters. The van der Waals surface area contributed by atoms with Gasteiger partial charge in [-0.3, -0.25) is 0 Å². The van der Waals surface area contributed by atoms with Gasteiger partial charge in [-0.25, -0.2) is 8.78 Å². The summed E-state index contributed by atoms with van der Waals surface area (Å²) in [5, 5.41) is 9.06. The van der Waals surface area contributed by atoms with Crippen LogP contribution in [0.15, 0.2) is 12.1 Å². The maximum absolute atomic E-state index is 12.9. The second kappa shape index (κ2) is 3.19. The minimum atomic E-state index is -0.899. The Balaban J connectivity index is 3.23. The van der Waals surface area contributed by atoms with E-state index in [2.05, 4.69) is 0 Å². The summed E-state index contributed by atoms with van der Waals surface area (Å²) < 4.78 is 25.6. The highest BCUT2D eigenvalue weighted by Gasteiger charge is 2.10. The zero-order chi connectivity index (χ0) is 9.30. The van der Waals surface area contributed by atoms with E-state index in [1.54, 1.807) is 0 Å². The van der Waals surface area contributed by atoms with Crippen LogP contribution in [0.4, 0.5) is 8.78 Å². The number of halogens is 2. The van der Waals surface area contributed by atoms with E-state index in [0.717, 1.165) is 6.07 Å². The van der Waals surface area contributed by atoms with Crippen LogP contribution in [-0.4, -0.2) is 5.11 Å². The van der Waals surface area contributed by atoms with Crippen LogP contribution in [0.1, 0.15) is 24.2 Å². The Bertz CT molecular complexity index is 295. The molecule has 12 heavy (non-hydrogen) atoms. The summed E-state index contributed by atoms with van der Waals surface area (Å²) in [6, 6.07) is 2.10. The fourth-order valence-corrected chi connectivity index (χ4v) is 1.000. The molecule has 0 aromatic heterocycles. The first-order chi connectivity index (χ1) is 5.52.